The van der Waals surface area contributed by atoms with E-state index >= 15 is 0 Å². The lowest BCUT2D eigenvalue weighted by Crippen LogP contribution is -2.21. The van der Waals surface area contributed by atoms with Gasteiger partial charge >= 0.3 is 5.97 Å². The predicted octanol–water partition coefficient (Wildman–Crippen LogP) is 4.55. The van der Waals surface area contributed by atoms with E-state index in [0.717, 1.165) is 11.1 Å². The summed E-state index contributed by atoms with van der Waals surface area (Å²) in [4.78, 5) is 36.3. The van der Waals surface area contributed by atoms with Crippen LogP contribution in [0.5, 0.6) is 0 Å². The van der Waals surface area contributed by atoms with Gasteiger partial charge in [0.05, 0.1) is 10.4 Å². The van der Waals surface area contributed by atoms with Gasteiger partial charge in [0.1, 0.15) is 6.10 Å². The lowest BCUT2D eigenvalue weighted by molar-refractivity contribution is -0.114. The molecule has 2 amide bonds. The van der Waals surface area contributed by atoms with E-state index in [1.54, 1.807) is 55.5 Å². The fourth-order valence-electron chi connectivity index (χ4n) is 2.81. The van der Waals surface area contributed by atoms with E-state index in [0.29, 0.717) is 22.7 Å². The lowest BCUT2D eigenvalue weighted by Gasteiger charge is -2.15. The Labute approximate surface area is 178 Å². The van der Waals surface area contributed by atoms with Crippen molar-refractivity contribution in [3.8, 4) is 0 Å². The van der Waals surface area contributed by atoms with Crippen LogP contribution in [0, 0.1) is 0 Å². The highest BCUT2D eigenvalue weighted by Gasteiger charge is 2.14. The second-order valence-corrected chi connectivity index (χ2v) is 7.66. The fraction of sp³-hybridized carbons (Fsp3) is 0.174. The fourth-order valence-corrected chi connectivity index (χ4v) is 3.45. The van der Waals surface area contributed by atoms with Crippen LogP contribution in [0.4, 0.5) is 5.69 Å². The van der Waals surface area contributed by atoms with Crippen LogP contribution >= 0.6 is 11.3 Å². The molecule has 154 valence electrons. The number of ether oxygens (including phenoxy) is 1. The minimum atomic E-state index is -0.476. The molecule has 1 unspecified atom stereocenters. The van der Waals surface area contributed by atoms with Gasteiger partial charge in [0.2, 0.25) is 5.91 Å². The van der Waals surface area contributed by atoms with Gasteiger partial charge in [-0.1, -0.05) is 30.3 Å². The van der Waals surface area contributed by atoms with Gasteiger partial charge in [-0.05, 0) is 53.8 Å². The van der Waals surface area contributed by atoms with E-state index < -0.39 is 12.1 Å². The van der Waals surface area contributed by atoms with Crippen LogP contribution in [-0.2, 0) is 16.1 Å². The minimum Gasteiger partial charge on any atom is -0.454 e. The molecule has 7 heteroatoms. The number of carbonyl (C=O) groups is 3. The minimum absolute atomic E-state index is 0.121. The molecule has 0 saturated heterocycles. The molecule has 3 aromatic rings. The van der Waals surface area contributed by atoms with Gasteiger partial charge in [-0.25, -0.2) is 4.79 Å². The molecule has 30 heavy (non-hydrogen) atoms. The molecule has 2 aromatic carbocycles. The Morgan fingerprint density at radius 1 is 1.03 bits per heavy atom. The molecular weight excluding hydrogens is 400 g/mol. The first-order valence-corrected chi connectivity index (χ1v) is 10.3. The van der Waals surface area contributed by atoms with Crippen molar-refractivity contribution in [2.24, 2.45) is 0 Å². The Morgan fingerprint density at radius 2 is 1.80 bits per heavy atom. The number of hydrogen-bond donors (Lipinski definition) is 2. The maximum atomic E-state index is 12.5. The SMILES string of the molecule is CC(=O)Nc1cccc(C(C)OC(=O)c2ccc(CNC(=O)c3cccs3)cc2)c1. The molecule has 0 radical (unpaired) electrons. The number of carbonyl (C=O) groups excluding carboxylic acids is 3. The normalized spacial score (nSPS) is 11.4. The summed E-state index contributed by atoms with van der Waals surface area (Å²) in [6.45, 7) is 3.59. The molecule has 0 aliphatic heterocycles. The first-order valence-electron chi connectivity index (χ1n) is 9.41. The van der Waals surface area contributed by atoms with Crippen LogP contribution in [0.15, 0.2) is 66.0 Å². The van der Waals surface area contributed by atoms with Crippen molar-refractivity contribution in [1.82, 2.24) is 5.32 Å². The monoisotopic (exact) mass is 422 g/mol. The third-order valence-corrected chi connectivity index (χ3v) is 5.22. The maximum Gasteiger partial charge on any atom is 0.338 e. The van der Waals surface area contributed by atoms with Gasteiger partial charge in [0.15, 0.2) is 0 Å². The Balaban J connectivity index is 1.56. The number of esters is 1. The molecule has 0 bridgehead atoms. The van der Waals surface area contributed by atoms with Crippen molar-refractivity contribution in [3.05, 3.63) is 87.6 Å². The molecule has 0 aliphatic carbocycles. The van der Waals surface area contributed by atoms with E-state index in [9.17, 15) is 14.4 Å². The van der Waals surface area contributed by atoms with E-state index in [2.05, 4.69) is 10.6 Å². The van der Waals surface area contributed by atoms with Crippen LogP contribution in [0.2, 0.25) is 0 Å². The van der Waals surface area contributed by atoms with E-state index in [1.807, 2.05) is 17.5 Å². The molecular formula is C23H22N2O4S. The molecule has 0 aliphatic rings. The van der Waals surface area contributed by atoms with Crippen molar-refractivity contribution in [3.63, 3.8) is 0 Å². The van der Waals surface area contributed by atoms with Crippen molar-refractivity contribution in [2.75, 3.05) is 5.32 Å². The van der Waals surface area contributed by atoms with E-state index in [4.69, 9.17) is 4.74 Å². The zero-order chi connectivity index (χ0) is 21.5. The first-order chi connectivity index (χ1) is 14.4. The van der Waals surface area contributed by atoms with E-state index in [-0.39, 0.29) is 11.8 Å². The smallest absolute Gasteiger partial charge is 0.338 e. The quantitative estimate of drug-likeness (QED) is 0.547. The average Bonchev–Trinajstić information content (AvgIpc) is 3.27. The molecule has 6 nitrogen and oxygen atoms in total. The van der Waals surface area contributed by atoms with Crippen molar-refractivity contribution in [2.45, 2.75) is 26.5 Å². The van der Waals surface area contributed by atoms with Crippen molar-refractivity contribution in [1.29, 1.82) is 0 Å². The van der Waals surface area contributed by atoms with Crippen LogP contribution in [-0.4, -0.2) is 17.8 Å². The number of hydrogen-bond acceptors (Lipinski definition) is 5. The van der Waals surface area contributed by atoms with Crippen molar-refractivity contribution < 1.29 is 19.1 Å². The zero-order valence-corrected chi connectivity index (χ0v) is 17.5. The zero-order valence-electron chi connectivity index (χ0n) is 16.7. The molecule has 3 rings (SSSR count). The summed E-state index contributed by atoms with van der Waals surface area (Å²) in [5.41, 5.74) is 2.74. The second kappa shape index (κ2) is 9.84. The topological polar surface area (TPSA) is 84.5 Å². The highest BCUT2D eigenvalue weighted by molar-refractivity contribution is 7.12. The van der Waals surface area contributed by atoms with Gasteiger partial charge < -0.3 is 15.4 Å². The lowest BCUT2D eigenvalue weighted by atomic mass is 10.1. The molecule has 2 N–H and O–H groups in total. The molecule has 1 atom stereocenters. The summed E-state index contributed by atoms with van der Waals surface area (Å²) >= 11 is 1.39. The summed E-state index contributed by atoms with van der Waals surface area (Å²) in [5.74, 6) is -0.728. The summed E-state index contributed by atoms with van der Waals surface area (Å²) in [5, 5.41) is 7.41. The maximum absolute atomic E-state index is 12.5. The summed E-state index contributed by atoms with van der Waals surface area (Å²) in [6.07, 6.45) is -0.476. The summed E-state index contributed by atoms with van der Waals surface area (Å²) in [6, 6.07) is 17.7. The Morgan fingerprint density at radius 3 is 2.47 bits per heavy atom. The Kier molecular flexibility index (Phi) is 6.98. The van der Waals surface area contributed by atoms with Gasteiger partial charge in [0, 0.05) is 19.2 Å². The summed E-state index contributed by atoms with van der Waals surface area (Å²) < 4.78 is 5.55. The molecule has 0 saturated carbocycles. The highest BCUT2D eigenvalue weighted by Crippen LogP contribution is 2.22. The third kappa shape index (κ3) is 5.78. The largest absolute Gasteiger partial charge is 0.454 e. The Hall–Kier alpha value is -3.45. The number of anilines is 1. The number of nitrogens with one attached hydrogen (secondary N) is 2. The number of amides is 2. The van der Waals surface area contributed by atoms with Crippen LogP contribution in [0.25, 0.3) is 0 Å². The second-order valence-electron chi connectivity index (χ2n) is 6.71. The summed E-state index contributed by atoms with van der Waals surface area (Å²) in [7, 11) is 0. The highest BCUT2D eigenvalue weighted by atomic mass is 32.1. The first kappa shape index (κ1) is 21.3. The third-order valence-electron chi connectivity index (χ3n) is 4.35. The molecule has 0 fully saturated rings. The van der Waals surface area contributed by atoms with Gasteiger partial charge in [-0.3, -0.25) is 9.59 Å². The van der Waals surface area contributed by atoms with Gasteiger partial charge in [-0.2, -0.15) is 0 Å². The van der Waals surface area contributed by atoms with E-state index in [1.165, 1.54) is 18.3 Å². The average molecular weight is 423 g/mol. The standard InChI is InChI=1S/C23H22N2O4S/c1-15(19-5-3-6-20(13-19)25-16(2)26)29-23(28)18-10-8-17(9-11-18)14-24-22(27)21-7-4-12-30-21/h3-13,15H,14H2,1-2H3,(H,24,27)(H,25,26). The van der Waals surface area contributed by atoms with Crippen LogP contribution in [0.3, 0.4) is 0 Å². The van der Waals surface area contributed by atoms with Gasteiger partial charge in [-0.15, -0.1) is 11.3 Å². The number of benzene rings is 2. The van der Waals surface area contributed by atoms with Crippen LogP contribution in [0.1, 0.15) is 51.1 Å². The molecule has 1 aromatic heterocycles. The van der Waals surface area contributed by atoms with Gasteiger partial charge in [0.25, 0.3) is 5.91 Å². The predicted molar refractivity (Wildman–Crippen MR) is 117 cm³/mol. The Bertz CT molecular complexity index is 1030. The molecule has 1 heterocycles. The number of rotatable bonds is 7. The molecule has 0 spiro atoms. The van der Waals surface area contributed by atoms with Crippen molar-refractivity contribution >= 4 is 34.8 Å². The number of thiophene rings is 1. The van der Waals surface area contributed by atoms with Crippen LogP contribution < -0.4 is 10.6 Å².